The van der Waals surface area contributed by atoms with Crippen molar-refractivity contribution < 1.29 is 9.59 Å². The van der Waals surface area contributed by atoms with E-state index in [1.54, 1.807) is 0 Å². The number of primary amides is 1. The summed E-state index contributed by atoms with van der Waals surface area (Å²) in [6, 6.07) is 7.19. The van der Waals surface area contributed by atoms with Crippen molar-refractivity contribution in [2.75, 3.05) is 5.75 Å². The maximum absolute atomic E-state index is 11.1. The Morgan fingerprint density at radius 3 is 2.69 bits per heavy atom. The molecule has 3 N–H and O–H groups in total. The number of hydrogen-bond donors (Lipinski definition) is 2. The number of urea groups is 1. The fourth-order valence-corrected chi connectivity index (χ4v) is 2.10. The SMILES string of the molecule is Cc1ccccc1CSCC(=O)NC(N)=O. The molecule has 1 rings (SSSR count). The van der Waals surface area contributed by atoms with Crippen LogP contribution in [0.1, 0.15) is 11.1 Å². The number of carbonyl (C=O) groups is 2. The third kappa shape index (κ3) is 4.35. The van der Waals surface area contributed by atoms with E-state index in [1.807, 2.05) is 36.5 Å². The van der Waals surface area contributed by atoms with Crippen LogP contribution in [0, 0.1) is 6.92 Å². The number of hydrogen-bond acceptors (Lipinski definition) is 3. The van der Waals surface area contributed by atoms with E-state index in [0.29, 0.717) is 0 Å². The van der Waals surface area contributed by atoms with Gasteiger partial charge in [0.1, 0.15) is 0 Å². The summed E-state index contributed by atoms with van der Waals surface area (Å²) in [5, 5.41) is 2.02. The van der Waals surface area contributed by atoms with Gasteiger partial charge in [0.15, 0.2) is 0 Å². The number of thioether (sulfide) groups is 1. The standard InChI is InChI=1S/C11H14N2O2S/c1-8-4-2-3-5-9(8)6-16-7-10(14)13-11(12)15/h2-5H,6-7H2,1H3,(H3,12,13,14,15). The molecule has 5 heteroatoms. The van der Waals surface area contributed by atoms with Gasteiger partial charge in [0, 0.05) is 5.75 Å². The summed E-state index contributed by atoms with van der Waals surface area (Å²) < 4.78 is 0. The van der Waals surface area contributed by atoms with Crippen LogP contribution >= 0.6 is 11.8 Å². The third-order valence-corrected chi connectivity index (χ3v) is 3.00. The highest BCUT2D eigenvalue weighted by Crippen LogP contribution is 2.15. The minimum atomic E-state index is -0.804. The van der Waals surface area contributed by atoms with Gasteiger partial charge >= 0.3 is 6.03 Å². The second-order valence-corrected chi connectivity index (χ2v) is 4.32. The van der Waals surface area contributed by atoms with Gasteiger partial charge in [-0.15, -0.1) is 11.8 Å². The van der Waals surface area contributed by atoms with Crippen molar-refractivity contribution in [2.24, 2.45) is 5.73 Å². The summed E-state index contributed by atoms with van der Waals surface area (Å²) in [4.78, 5) is 21.5. The molecule has 4 nitrogen and oxygen atoms in total. The molecule has 0 atom stereocenters. The van der Waals surface area contributed by atoms with Crippen LogP contribution in [0.2, 0.25) is 0 Å². The van der Waals surface area contributed by atoms with Crippen LogP contribution in [0.15, 0.2) is 24.3 Å². The van der Waals surface area contributed by atoms with Crippen molar-refractivity contribution in [2.45, 2.75) is 12.7 Å². The van der Waals surface area contributed by atoms with Crippen LogP contribution in [0.5, 0.6) is 0 Å². The Morgan fingerprint density at radius 1 is 1.38 bits per heavy atom. The molecule has 0 aliphatic carbocycles. The Labute approximate surface area is 98.6 Å². The Kier molecular flexibility index (Phi) is 4.85. The first-order valence-electron chi connectivity index (χ1n) is 4.81. The molecular weight excluding hydrogens is 224 g/mol. The molecule has 0 aliphatic rings. The van der Waals surface area contributed by atoms with Gasteiger partial charge in [0.05, 0.1) is 5.75 Å². The Balaban J connectivity index is 2.33. The molecule has 0 aromatic heterocycles. The smallest absolute Gasteiger partial charge is 0.318 e. The number of nitrogens with one attached hydrogen (secondary N) is 1. The monoisotopic (exact) mass is 238 g/mol. The van der Waals surface area contributed by atoms with Gasteiger partial charge in [0.2, 0.25) is 5.91 Å². The van der Waals surface area contributed by atoms with E-state index in [-0.39, 0.29) is 11.7 Å². The number of benzene rings is 1. The second-order valence-electron chi connectivity index (χ2n) is 3.33. The van der Waals surface area contributed by atoms with E-state index in [4.69, 9.17) is 5.73 Å². The van der Waals surface area contributed by atoms with Gasteiger partial charge in [0.25, 0.3) is 0 Å². The van der Waals surface area contributed by atoms with Crippen LogP contribution in [-0.4, -0.2) is 17.7 Å². The molecule has 16 heavy (non-hydrogen) atoms. The first kappa shape index (κ1) is 12.6. The zero-order valence-electron chi connectivity index (χ0n) is 9.03. The van der Waals surface area contributed by atoms with Crippen molar-refractivity contribution in [3.8, 4) is 0 Å². The van der Waals surface area contributed by atoms with Crippen LogP contribution < -0.4 is 11.1 Å². The van der Waals surface area contributed by atoms with Crippen LogP contribution in [0.25, 0.3) is 0 Å². The first-order valence-corrected chi connectivity index (χ1v) is 5.96. The second kappa shape index (κ2) is 6.17. The van der Waals surface area contributed by atoms with Crippen molar-refractivity contribution in [1.29, 1.82) is 0 Å². The lowest BCUT2D eigenvalue weighted by molar-refractivity contribution is -0.117. The lowest BCUT2D eigenvalue weighted by atomic mass is 10.1. The third-order valence-electron chi connectivity index (χ3n) is 2.01. The minimum absolute atomic E-state index is 0.233. The number of amides is 3. The highest BCUT2D eigenvalue weighted by atomic mass is 32.2. The molecule has 0 radical (unpaired) electrons. The quantitative estimate of drug-likeness (QED) is 0.833. The summed E-state index contributed by atoms with van der Waals surface area (Å²) >= 11 is 1.45. The van der Waals surface area contributed by atoms with Crippen LogP contribution in [-0.2, 0) is 10.5 Å². The van der Waals surface area contributed by atoms with Gasteiger partial charge in [-0.2, -0.15) is 0 Å². The topological polar surface area (TPSA) is 72.2 Å². The molecule has 0 bridgehead atoms. The average molecular weight is 238 g/mol. The molecule has 0 spiro atoms. The highest BCUT2D eigenvalue weighted by molar-refractivity contribution is 7.99. The van der Waals surface area contributed by atoms with Gasteiger partial charge in [-0.1, -0.05) is 24.3 Å². The van der Waals surface area contributed by atoms with E-state index >= 15 is 0 Å². The summed E-state index contributed by atoms with van der Waals surface area (Å²) in [6.45, 7) is 2.03. The molecule has 0 aliphatic heterocycles. The molecule has 86 valence electrons. The lowest BCUT2D eigenvalue weighted by Gasteiger charge is -2.04. The number of aryl methyl sites for hydroxylation is 1. The Bertz CT molecular complexity index is 393. The average Bonchev–Trinajstić information content (AvgIpc) is 2.19. The van der Waals surface area contributed by atoms with Crippen LogP contribution in [0.4, 0.5) is 4.79 Å². The van der Waals surface area contributed by atoms with Crippen molar-refractivity contribution in [1.82, 2.24) is 5.32 Å². The van der Waals surface area contributed by atoms with Gasteiger partial charge < -0.3 is 5.73 Å². The number of nitrogens with two attached hydrogens (primary N) is 1. The molecule has 0 fully saturated rings. The first-order chi connectivity index (χ1) is 7.59. The maximum Gasteiger partial charge on any atom is 0.318 e. The Morgan fingerprint density at radius 2 is 2.06 bits per heavy atom. The van der Waals surface area contributed by atoms with E-state index < -0.39 is 6.03 Å². The minimum Gasteiger partial charge on any atom is -0.351 e. The van der Waals surface area contributed by atoms with E-state index in [9.17, 15) is 9.59 Å². The summed E-state index contributed by atoms with van der Waals surface area (Å²) in [7, 11) is 0. The summed E-state index contributed by atoms with van der Waals surface area (Å²) in [5.41, 5.74) is 7.21. The van der Waals surface area contributed by atoms with Gasteiger partial charge in [-0.05, 0) is 18.1 Å². The van der Waals surface area contributed by atoms with E-state index in [1.165, 1.54) is 22.9 Å². The van der Waals surface area contributed by atoms with Crippen molar-refractivity contribution in [3.05, 3.63) is 35.4 Å². The molecule has 0 heterocycles. The largest absolute Gasteiger partial charge is 0.351 e. The van der Waals surface area contributed by atoms with Crippen molar-refractivity contribution in [3.63, 3.8) is 0 Å². The predicted octanol–water partition coefficient (Wildman–Crippen LogP) is 1.42. The summed E-state index contributed by atoms with van der Waals surface area (Å²) in [6.07, 6.45) is 0. The molecule has 0 saturated carbocycles. The number of rotatable bonds is 4. The zero-order chi connectivity index (χ0) is 12.0. The lowest BCUT2D eigenvalue weighted by Crippen LogP contribution is -2.36. The van der Waals surface area contributed by atoms with Crippen molar-refractivity contribution >= 4 is 23.7 Å². The molecule has 1 aromatic carbocycles. The molecule has 1 aromatic rings. The number of carbonyl (C=O) groups excluding carboxylic acids is 2. The molecule has 0 unspecified atom stereocenters. The maximum atomic E-state index is 11.1. The number of imide groups is 1. The fraction of sp³-hybridized carbons (Fsp3) is 0.273. The van der Waals surface area contributed by atoms with Crippen LogP contribution in [0.3, 0.4) is 0 Å². The normalized spacial score (nSPS) is 9.81. The van der Waals surface area contributed by atoms with Gasteiger partial charge in [-0.25, -0.2) is 4.79 Å². The van der Waals surface area contributed by atoms with E-state index in [0.717, 1.165) is 5.75 Å². The van der Waals surface area contributed by atoms with Gasteiger partial charge in [-0.3, -0.25) is 10.1 Å². The van der Waals surface area contributed by atoms with E-state index in [2.05, 4.69) is 0 Å². The zero-order valence-corrected chi connectivity index (χ0v) is 9.84. The predicted molar refractivity (Wildman–Crippen MR) is 65.1 cm³/mol. The molecule has 3 amide bonds. The molecule has 0 saturated heterocycles. The highest BCUT2D eigenvalue weighted by Gasteiger charge is 2.04. The summed E-state index contributed by atoms with van der Waals surface area (Å²) in [5.74, 6) is 0.627. The molecular formula is C11H14N2O2S. The Hall–Kier alpha value is -1.49. The fourth-order valence-electron chi connectivity index (χ4n) is 1.20.